The van der Waals surface area contributed by atoms with Gasteiger partial charge in [-0.15, -0.1) is 0 Å². The maximum absolute atomic E-state index is 12.2. The Balaban J connectivity index is 1.98. The summed E-state index contributed by atoms with van der Waals surface area (Å²) in [5.74, 6) is 1.01. The maximum Gasteiger partial charge on any atom is 0.247 e. The van der Waals surface area contributed by atoms with Crippen LogP contribution in [0.25, 0.3) is 0 Å². The third kappa shape index (κ3) is 6.35. The van der Waals surface area contributed by atoms with Gasteiger partial charge in [0.1, 0.15) is 5.82 Å². The van der Waals surface area contributed by atoms with Crippen molar-refractivity contribution in [3.63, 3.8) is 0 Å². The first kappa shape index (κ1) is 21.9. The average molecular weight is 391 g/mol. The molecule has 0 aromatic heterocycles. The highest BCUT2D eigenvalue weighted by Crippen LogP contribution is 2.20. The van der Waals surface area contributed by atoms with E-state index in [4.69, 9.17) is 5.73 Å². The molecule has 1 heterocycles. The van der Waals surface area contributed by atoms with Gasteiger partial charge in [0.05, 0.1) is 11.6 Å². The number of nitrogens with one attached hydrogen (secondary N) is 2. The molecule has 8 nitrogen and oxygen atoms in total. The smallest absolute Gasteiger partial charge is 0.247 e. The Bertz CT molecular complexity index is 643. The topological polar surface area (TPSA) is 112 Å². The maximum atomic E-state index is 12.2. The van der Waals surface area contributed by atoms with Crippen LogP contribution in [0.4, 0.5) is 0 Å². The van der Waals surface area contributed by atoms with Gasteiger partial charge in [-0.25, -0.2) is 9.98 Å². The SMILES string of the molecule is C=NC(=NC1CCN(C(=O)CC(C)C)CC1)N/C(NC1CCC1)=C(\C)C(N)=O. The lowest BCUT2D eigenvalue weighted by molar-refractivity contribution is -0.133. The van der Waals surface area contributed by atoms with E-state index < -0.39 is 5.91 Å². The Hall–Kier alpha value is -2.38. The molecule has 4 N–H and O–H groups in total. The number of nitrogens with two attached hydrogens (primary N) is 1. The Morgan fingerprint density at radius 3 is 2.32 bits per heavy atom. The van der Waals surface area contributed by atoms with E-state index in [9.17, 15) is 9.59 Å². The van der Waals surface area contributed by atoms with Gasteiger partial charge in [-0.1, -0.05) is 13.8 Å². The summed E-state index contributed by atoms with van der Waals surface area (Å²) in [5.41, 5.74) is 5.87. The first-order chi connectivity index (χ1) is 13.3. The standard InChI is InChI=1S/C20H34N6O2/c1-13(2)12-17(27)26-10-8-16(9-11-26)24-20(22-4)25-19(14(3)18(21)28)23-15-6-5-7-15/h13,15-16,23H,4-12H2,1-3H3,(H2,21,28)(H,24,25)/b19-14+. The lowest BCUT2D eigenvalue weighted by Gasteiger charge is -2.31. The molecule has 2 aliphatic rings. The predicted molar refractivity (Wildman–Crippen MR) is 112 cm³/mol. The highest BCUT2D eigenvalue weighted by molar-refractivity contribution is 5.93. The van der Waals surface area contributed by atoms with Crippen molar-refractivity contribution in [3.8, 4) is 0 Å². The highest BCUT2D eigenvalue weighted by Gasteiger charge is 2.24. The van der Waals surface area contributed by atoms with Crippen LogP contribution in [0.15, 0.2) is 21.4 Å². The van der Waals surface area contributed by atoms with E-state index in [1.807, 2.05) is 4.90 Å². The highest BCUT2D eigenvalue weighted by atomic mass is 16.2. The second-order valence-electron chi connectivity index (χ2n) is 8.08. The molecule has 0 radical (unpaired) electrons. The number of hydrogen-bond acceptors (Lipinski definition) is 4. The Labute approximate surface area is 167 Å². The molecular formula is C20H34N6O2. The second kappa shape index (κ2) is 10.2. The first-order valence-electron chi connectivity index (χ1n) is 10.2. The molecule has 1 saturated heterocycles. The Kier molecular flexibility index (Phi) is 8.02. The summed E-state index contributed by atoms with van der Waals surface area (Å²) >= 11 is 0. The fourth-order valence-corrected chi connectivity index (χ4v) is 3.24. The second-order valence-corrected chi connectivity index (χ2v) is 8.08. The molecule has 28 heavy (non-hydrogen) atoms. The Morgan fingerprint density at radius 2 is 1.86 bits per heavy atom. The number of carbonyl (C=O) groups excluding carboxylic acids is 2. The van der Waals surface area contributed by atoms with Gasteiger partial charge in [-0.3, -0.25) is 9.59 Å². The zero-order valence-electron chi connectivity index (χ0n) is 17.3. The monoisotopic (exact) mass is 390 g/mol. The molecule has 0 aromatic carbocycles. The van der Waals surface area contributed by atoms with Crippen molar-refractivity contribution in [2.75, 3.05) is 13.1 Å². The molecule has 0 aromatic rings. The van der Waals surface area contributed by atoms with Crippen molar-refractivity contribution in [1.82, 2.24) is 15.5 Å². The van der Waals surface area contributed by atoms with E-state index >= 15 is 0 Å². The van der Waals surface area contributed by atoms with Crippen molar-refractivity contribution in [3.05, 3.63) is 11.4 Å². The summed E-state index contributed by atoms with van der Waals surface area (Å²) in [7, 11) is 0. The number of aliphatic imine (C=N–C) groups is 2. The summed E-state index contributed by atoms with van der Waals surface area (Å²) in [6.07, 6.45) is 5.46. The third-order valence-electron chi connectivity index (χ3n) is 5.29. The van der Waals surface area contributed by atoms with Crippen LogP contribution in [0.1, 0.15) is 59.3 Å². The van der Waals surface area contributed by atoms with Gasteiger partial charge in [0, 0.05) is 25.6 Å². The minimum Gasteiger partial charge on any atom is -0.368 e. The Morgan fingerprint density at radius 1 is 1.21 bits per heavy atom. The largest absolute Gasteiger partial charge is 0.368 e. The van der Waals surface area contributed by atoms with Gasteiger partial charge < -0.3 is 21.3 Å². The van der Waals surface area contributed by atoms with Crippen LogP contribution in [-0.2, 0) is 9.59 Å². The molecule has 0 atom stereocenters. The minimum absolute atomic E-state index is 0.0648. The lowest BCUT2D eigenvalue weighted by atomic mass is 9.93. The number of rotatable bonds is 7. The van der Waals surface area contributed by atoms with Crippen molar-refractivity contribution in [2.45, 2.75) is 71.4 Å². The summed E-state index contributed by atoms with van der Waals surface area (Å²) in [4.78, 5) is 34.4. The van der Waals surface area contributed by atoms with Crippen LogP contribution < -0.4 is 16.4 Å². The molecule has 1 aliphatic carbocycles. The molecule has 156 valence electrons. The molecule has 2 rings (SSSR count). The molecule has 0 spiro atoms. The van der Waals surface area contributed by atoms with Crippen LogP contribution in [0.2, 0.25) is 0 Å². The predicted octanol–water partition coefficient (Wildman–Crippen LogP) is 1.53. The molecule has 0 bridgehead atoms. The van der Waals surface area contributed by atoms with E-state index in [1.54, 1.807) is 6.92 Å². The number of likely N-dealkylation sites (tertiary alicyclic amines) is 1. The first-order valence-corrected chi connectivity index (χ1v) is 10.2. The van der Waals surface area contributed by atoms with Gasteiger partial charge in [0.25, 0.3) is 0 Å². The molecule has 1 saturated carbocycles. The van der Waals surface area contributed by atoms with Gasteiger partial charge in [0.2, 0.25) is 17.8 Å². The van der Waals surface area contributed by atoms with Crippen LogP contribution in [0.3, 0.4) is 0 Å². The van der Waals surface area contributed by atoms with Gasteiger partial charge >= 0.3 is 0 Å². The molecule has 1 aliphatic heterocycles. The quantitative estimate of drug-likeness (QED) is 0.348. The van der Waals surface area contributed by atoms with Crippen LogP contribution >= 0.6 is 0 Å². The summed E-state index contributed by atoms with van der Waals surface area (Å²) in [6, 6.07) is 0.396. The zero-order chi connectivity index (χ0) is 20.7. The lowest BCUT2D eigenvalue weighted by Crippen LogP contribution is -2.43. The van der Waals surface area contributed by atoms with E-state index in [0.717, 1.165) is 25.7 Å². The van der Waals surface area contributed by atoms with Gasteiger partial charge in [-0.2, -0.15) is 0 Å². The summed E-state index contributed by atoms with van der Waals surface area (Å²) in [5, 5.41) is 6.42. The van der Waals surface area contributed by atoms with Gasteiger partial charge in [-0.05, 0) is 51.7 Å². The third-order valence-corrected chi connectivity index (χ3v) is 5.29. The molecule has 8 heteroatoms. The normalized spacial score (nSPS) is 19.7. The van der Waals surface area contributed by atoms with Crippen LogP contribution in [-0.4, -0.2) is 54.6 Å². The van der Waals surface area contributed by atoms with E-state index in [-0.39, 0.29) is 11.9 Å². The van der Waals surface area contributed by atoms with Crippen molar-refractivity contribution >= 4 is 24.5 Å². The van der Waals surface area contributed by atoms with E-state index in [2.05, 4.69) is 41.2 Å². The molecular weight excluding hydrogens is 356 g/mol. The number of amides is 2. The number of guanidine groups is 1. The van der Waals surface area contributed by atoms with Crippen molar-refractivity contribution < 1.29 is 9.59 Å². The molecule has 2 amide bonds. The zero-order valence-corrected chi connectivity index (χ0v) is 17.3. The average Bonchev–Trinajstić information content (AvgIpc) is 2.61. The van der Waals surface area contributed by atoms with E-state index in [1.165, 1.54) is 6.42 Å². The minimum atomic E-state index is -0.491. The van der Waals surface area contributed by atoms with Gasteiger partial charge in [0.15, 0.2) is 0 Å². The number of primary amides is 1. The fourth-order valence-electron chi connectivity index (χ4n) is 3.24. The van der Waals surface area contributed by atoms with E-state index in [0.29, 0.717) is 48.8 Å². The number of carbonyl (C=O) groups is 2. The molecule has 2 fully saturated rings. The molecule has 0 unspecified atom stereocenters. The summed E-state index contributed by atoms with van der Waals surface area (Å²) in [6.45, 7) is 10.8. The van der Waals surface area contributed by atoms with Crippen molar-refractivity contribution in [2.24, 2.45) is 21.6 Å². The number of nitrogens with zero attached hydrogens (tertiary/aromatic N) is 3. The fraction of sp³-hybridized carbons (Fsp3) is 0.700. The van der Waals surface area contributed by atoms with Crippen LogP contribution in [0.5, 0.6) is 0 Å². The number of piperidine rings is 1. The number of hydrogen-bond donors (Lipinski definition) is 3. The summed E-state index contributed by atoms with van der Waals surface area (Å²) < 4.78 is 0. The van der Waals surface area contributed by atoms with Crippen LogP contribution in [0, 0.1) is 5.92 Å². The van der Waals surface area contributed by atoms with Crippen molar-refractivity contribution in [1.29, 1.82) is 0 Å².